The van der Waals surface area contributed by atoms with Gasteiger partial charge in [-0.15, -0.1) is 0 Å². The molecule has 0 saturated heterocycles. The minimum atomic E-state index is -0.545. The quantitative estimate of drug-likeness (QED) is 0.499. The fraction of sp³-hybridized carbons (Fsp3) is 0.0952. The Balaban J connectivity index is 1.80. The molecule has 0 unspecified atom stereocenters. The van der Waals surface area contributed by atoms with Gasteiger partial charge in [-0.2, -0.15) is 0 Å². The van der Waals surface area contributed by atoms with Gasteiger partial charge in [-0.1, -0.05) is 42.5 Å². The predicted octanol–water partition coefficient (Wildman–Crippen LogP) is 4.91. The van der Waals surface area contributed by atoms with Crippen molar-refractivity contribution in [2.24, 2.45) is 0 Å². The highest BCUT2D eigenvalue weighted by atomic mass is 16.6. The van der Waals surface area contributed by atoms with Crippen LogP contribution in [-0.2, 0) is 0 Å². The molecule has 0 heterocycles. The van der Waals surface area contributed by atoms with Crippen molar-refractivity contribution in [3.63, 3.8) is 0 Å². The van der Waals surface area contributed by atoms with Crippen molar-refractivity contribution >= 4 is 17.3 Å². The second kappa shape index (κ2) is 8.14. The van der Waals surface area contributed by atoms with Crippen LogP contribution in [0.25, 0.3) is 11.1 Å². The predicted molar refractivity (Wildman–Crippen MR) is 104 cm³/mol. The topological polar surface area (TPSA) is 81.5 Å². The van der Waals surface area contributed by atoms with Gasteiger partial charge in [-0.05, 0) is 42.3 Å². The molecule has 0 aliphatic rings. The summed E-state index contributed by atoms with van der Waals surface area (Å²) in [5.41, 5.74) is 2.36. The molecular weight excluding hydrogens is 344 g/mol. The molecule has 0 bridgehead atoms. The van der Waals surface area contributed by atoms with Crippen LogP contribution in [0, 0.1) is 10.1 Å². The van der Waals surface area contributed by atoms with E-state index in [-0.39, 0.29) is 11.4 Å². The molecule has 0 aromatic heterocycles. The number of nitro benzene ring substituents is 1. The van der Waals surface area contributed by atoms with Crippen LogP contribution in [0.15, 0.2) is 72.8 Å². The lowest BCUT2D eigenvalue weighted by molar-refractivity contribution is -0.384. The number of carbonyl (C=O) groups excluding carboxylic acids is 1. The van der Waals surface area contributed by atoms with Crippen LogP contribution in [0.5, 0.6) is 5.75 Å². The summed E-state index contributed by atoms with van der Waals surface area (Å²) in [7, 11) is 0. The van der Waals surface area contributed by atoms with Gasteiger partial charge in [0, 0.05) is 5.56 Å². The molecule has 0 spiro atoms. The smallest absolute Gasteiger partial charge is 0.296 e. The second-order valence-corrected chi connectivity index (χ2v) is 5.77. The van der Waals surface area contributed by atoms with Gasteiger partial charge >= 0.3 is 0 Å². The van der Waals surface area contributed by atoms with Crippen LogP contribution < -0.4 is 10.1 Å². The number of anilines is 1. The number of ether oxygens (including phenoxy) is 1. The Morgan fingerprint density at radius 2 is 1.67 bits per heavy atom. The van der Waals surface area contributed by atoms with E-state index in [0.29, 0.717) is 17.9 Å². The fourth-order valence-corrected chi connectivity index (χ4v) is 2.66. The largest absolute Gasteiger partial charge is 0.494 e. The molecule has 1 amide bonds. The van der Waals surface area contributed by atoms with Gasteiger partial charge in [0.15, 0.2) is 0 Å². The molecule has 0 aliphatic carbocycles. The first-order valence-electron chi connectivity index (χ1n) is 8.46. The molecule has 27 heavy (non-hydrogen) atoms. The van der Waals surface area contributed by atoms with Crippen molar-refractivity contribution < 1.29 is 14.5 Å². The monoisotopic (exact) mass is 362 g/mol. The number of hydrogen-bond donors (Lipinski definition) is 1. The van der Waals surface area contributed by atoms with Crippen LogP contribution in [0.4, 0.5) is 11.4 Å². The lowest BCUT2D eigenvalue weighted by atomic mass is 10.0. The van der Waals surface area contributed by atoms with Gasteiger partial charge in [0.1, 0.15) is 11.4 Å². The normalized spacial score (nSPS) is 10.3. The number of rotatable bonds is 6. The van der Waals surface area contributed by atoms with Crippen molar-refractivity contribution in [3.8, 4) is 16.9 Å². The first-order chi connectivity index (χ1) is 13.1. The number of hydrogen-bond acceptors (Lipinski definition) is 4. The summed E-state index contributed by atoms with van der Waals surface area (Å²) >= 11 is 0. The molecule has 0 fully saturated rings. The lowest BCUT2D eigenvalue weighted by Gasteiger charge is -2.09. The molecule has 6 heteroatoms. The van der Waals surface area contributed by atoms with E-state index in [1.54, 1.807) is 25.1 Å². The summed E-state index contributed by atoms with van der Waals surface area (Å²) in [6.45, 7) is 2.19. The molecule has 6 nitrogen and oxygen atoms in total. The summed E-state index contributed by atoms with van der Waals surface area (Å²) in [5.74, 6) is -0.0312. The van der Waals surface area contributed by atoms with E-state index in [2.05, 4.69) is 5.32 Å². The maximum absolute atomic E-state index is 12.5. The highest BCUT2D eigenvalue weighted by Gasteiger charge is 2.18. The van der Waals surface area contributed by atoms with Crippen LogP contribution in [-0.4, -0.2) is 17.4 Å². The Morgan fingerprint density at radius 3 is 2.30 bits per heavy atom. The maximum atomic E-state index is 12.5. The third-order valence-corrected chi connectivity index (χ3v) is 3.98. The van der Waals surface area contributed by atoms with Gasteiger partial charge in [0.2, 0.25) is 0 Å². The number of benzene rings is 3. The SMILES string of the molecule is CCOc1ccc(NC(=O)c2ccc(-c3ccccc3)cc2)c([N+](=O)[O-])c1. The number of carbonyl (C=O) groups is 1. The fourth-order valence-electron chi connectivity index (χ4n) is 2.66. The Hall–Kier alpha value is -3.67. The van der Waals surface area contributed by atoms with Crippen molar-refractivity contribution in [2.75, 3.05) is 11.9 Å². The van der Waals surface area contributed by atoms with E-state index in [1.165, 1.54) is 12.1 Å². The van der Waals surface area contributed by atoms with Gasteiger partial charge in [0.05, 0.1) is 17.6 Å². The van der Waals surface area contributed by atoms with E-state index in [9.17, 15) is 14.9 Å². The van der Waals surface area contributed by atoms with Crippen molar-refractivity contribution in [3.05, 3.63) is 88.5 Å². The molecule has 0 atom stereocenters. The zero-order chi connectivity index (χ0) is 19.2. The average Bonchev–Trinajstić information content (AvgIpc) is 2.70. The van der Waals surface area contributed by atoms with E-state index in [4.69, 9.17) is 4.74 Å². The third-order valence-electron chi connectivity index (χ3n) is 3.98. The minimum absolute atomic E-state index is 0.126. The van der Waals surface area contributed by atoms with E-state index < -0.39 is 10.8 Å². The number of amides is 1. The second-order valence-electron chi connectivity index (χ2n) is 5.77. The van der Waals surface area contributed by atoms with Gasteiger partial charge in [0.25, 0.3) is 11.6 Å². The molecule has 0 aliphatic heterocycles. The molecular formula is C21H18N2O4. The Kier molecular flexibility index (Phi) is 5.47. The molecule has 3 aromatic carbocycles. The first kappa shape index (κ1) is 18.1. The van der Waals surface area contributed by atoms with Crippen LogP contribution >= 0.6 is 0 Å². The van der Waals surface area contributed by atoms with Gasteiger partial charge < -0.3 is 10.1 Å². The summed E-state index contributed by atoms with van der Waals surface area (Å²) in [5, 5.41) is 13.9. The standard InChI is InChI=1S/C21H18N2O4/c1-2-27-18-12-13-19(20(14-18)23(25)26)22-21(24)17-10-8-16(9-11-17)15-6-4-3-5-7-15/h3-14H,2H2,1H3,(H,22,24). The van der Waals surface area contributed by atoms with Crippen molar-refractivity contribution in [1.29, 1.82) is 0 Å². The van der Waals surface area contributed by atoms with Crippen molar-refractivity contribution in [1.82, 2.24) is 0 Å². The van der Waals surface area contributed by atoms with Crippen LogP contribution in [0.3, 0.4) is 0 Å². The minimum Gasteiger partial charge on any atom is -0.494 e. The number of nitrogens with one attached hydrogen (secondary N) is 1. The number of nitrogens with zero attached hydrogens (tertiary/aromatic N) is 1. The van der Waals surface area contributed by atoms with Crippen molar-refractivity contribution in [2.45, 2.75) is 6.92 Å². The van der Waals surface area contributed by atoms with Gasteiger partial charge in [-0.25, -0.2) is 0 Å². The summed E-state index contributed by atoms with van der Waals surface area (Å²) in [6, 6.07) is 21.2. The summed E-state index contributed by atoms with van der Waals surface area (Å²) in [4.78, 5) is 23.2. The molecule has 1 N–H and O–H groups in total. The molecule has 136 valence electrons. The molecule has 0 saturated carbocycles. The summed E-state index contributed by atoms with van der Waals surface area (Å²) in [6.07, 6.45) is 0. The van der Waals surface area contributed by atoms with Crippen LogP contribution in [0.1, 0.15) is 17.3 Å². The van der Waals surface area contributed by atoms with E-state index in [1.807, 2.05) is 42.5 Å². The van der Waals surface area contributed by atoms with Gasteiger partial charge in [-0.3, -0.25) is 14.9 Å². The Morgan fingerprint density at radius 1 is 1.00 bits per heavy atom. The van der Waals surface area contributed by atoms with E-state index in [0.717, 1.165) is 11.1 Å². The molecule has 3 rings (SSSR count). The highest BCUT2D eigenvalue weighted by Crippen LogP contribution is 2.29. The maximum Gasteiger partial charge on any atom is 0.296 e. The zero-order valence-corrected chi connectivity index (χ0v) is 14.7. The third kappa shape index (κ3) is 4.30. The lowest BCUT2D eigenvalue weighted by Crippen LogP contribution is -2.13. The average molecular weight is 362 g/mol. The Bertz CT molecular complexity index is 954. The first-order valence-corrected chi connectivity index (χ1v) is 8.46. The molecule has 0 radical (unpaired) electrons. The van der Waals surface area contributed by atoms with Crippen LogP contribution in [0.2, 0.25) is 0 Å². The summed E-state index contributed by atoms with van der Waals surface area (Å²) < 4.78 is 5.28. The molecule has 3 aromatic rings. The Labute approximate surface area is 156 Å². The van der Waals surface area contributed by atoms with E-state index >= 15 is 0 Å². The number of nitro groups is 1. The highest BCUT2D eigenvalue weighted by molar-refractivity contribution is 6.05. The zero-order valence-electron chi connectivity index (χ0n) is 14.7.